The second kappa shape index (κ2) is 9.37. The quantitative estimate of drug-likeness (QED) is 0.667. The molecule has 1 amide bonds. The van der Waals surface area contributed by atoms with Gasteiger partial charge in [-0.15, -0.1) is 0 Å². The first-order valence-electron chi connectivity index (χ1n) is 10.6. The van der Waals surface area contributed by atoms with Crippen molar-refractivity contribution < 1.29 is 14.3 Å². The molecule has 0 spiro atoms. The molecule has 0 unspecified atom stereocenters. The number of benzene rings is 1. The monoisotopic (exact) mass is 384 g/mol. The Labute approximate surface area is 167 Å². The molecule has 1 aliphatic rings. The highest BCUT2D eigenvalue weighted by Gasteiger charge is 2.42. The van der Waals surface area contributed by atoms with Crippen molar-refractivity contribution in [1.82, 2.24) is 4.98 Å². The number of nitrogens with zero attached hydrogens (tertiary/aromatic N) is 1. The van der Waals surface area contributed by atoms with E-state index in [4.69, 9.17) is 9.47 Å². The van der Waals surface area contributed by atoms with Crippen LogP contribution in [-0.4, -0.2) is 29.7 Å². The Morgan fingerprint density at radius 3 is 2.64 bits per heavy atom. The van der Waals surface area contributed by atoms with Gasteiger partial charge in [0.1, 0.15) is 16.9 Å². The molecule has 0 saturated heterocycles. The zero-order valence-electron chi connectivity index (χ0n) is 17.3. The fourth-order valence-electron chi connectivity index (χ4n) is 3.78. The van der Waals surface area contributed by atoms with Crippen LogP contribution >= 0.6 is 0 Å². The van der Waals surface area contributed by atoms with E-state index in [1.165, 1.54) is 0 Å². The van der Waals surface area contributed by atoms with E-state index in [-0.39, 0.29) is 5.91 Å². The Bertz CT molecular complexity index is 792. The molecule has 0 bridgehead atoms. The summed E-state index contributed by atoms with van der Waals surface area (Å²) in [5.41, 5.74) is 0.804. The van der Waals surface area contributed by atoms with Gasteiger partial charge in [-0.25, -0.2) is 0 Å². The van der Waals surface area contributed by atoms with E-state index in [1.807, 2.05) is 24.3 Å². The van der Waals surface area contributed by atoms with Gasteiger partial charge in [0.15, 0.2) is 0 Å². The smallest absolute Gasteiger partial charge is 0.256 e. The third-order valence-electron chi connectivity index (χ3n) is 5.52. The number of fused-ring (bicyclic) bond motifs is 1. The van der Waals surface area contributed by atoms with Gasteiger partial charge in [-0.1, -0.05) is 20.8 Å². The lowest BCUT2D eigenvalue weighted by Crippen LogP contribution is -2.48. The predicted octanol–water partition coefficient (Wildman–Crippen LogP) is 5.34. The highest BCUT2D eigenvalue weighted by Crippen LogP contribution is 2.37. The average molecular weight is 385 g/mol. The molecule has 3 rings (SSSR count). The Morgan fingerprint density at radius 1 is 1.18 bits per heavy atom. The molecule has 0 atom stereocenters. The number of rotatable bonds is 8. The SMILES string of the molecule is CCCOc1ccc(NC(=O)C2(OCCC)CCC(C)CC2)c2cccnc12. The lowest BCUT2D eigenvalue weighted by Gasteiger charge is -2.38. The molecule has 28 heavy (non-hydrogen) atoms. The fourth-order valence-corrected chi connectivity index (χ4v) is 3.78. The van der Waals surface area contributed by atoms with Crippen LogP contribution in [0.4, 0.5) is 5.69 Å². The number of carbonyl (C=O) groups is 1. The summed E-state index contributed by atoms with van der Waals surface area (Å²) < 4.78 is 12.0. The minimum Gasteiger partial charge on any atom is -0.491 e. The van der Waals surface area contributed by atoms with Crippen LogP contribution in [0.25, 0.3) is 10.9 Å². The first-order valence-corrected chi connectivity index (χ1v) is 10.6. The zero-order chi connectivity index (χ0) is 20.0. The first-order chi connectivity index (χ1) is 13.6. The fraction of sp³-hybridized carbons (Fsp3) is 0.565. The molecular weight excluding hydrogens is 352 g/mol. The third kappa shape index (κ3) is 4.46. The van der Waals surface area contributed by atoms with E-state index >= 15 is 0 Å². The van der Waals surface area contributed by atoms with Crippen LogP contribution in [0.3, 0.4) is 0 Å². The maximum absolute atomic E-state index is 13.3. The molecular formula is C23H32N2O3. The second-order valence-corrected chi connectivity index (χ2v) is 7.84. The summed E-state index contributed by atoms with van der Waals surface area (Å²) in [7, 11) is 0. The van der Waals surface area contributed by atoms with E-state index in [0.29, 0.717) is 19.1 Å². The highest BCUT2D eigenvalue weighted by molar-refractivity contribution is 6.05. The molecule has 1 fully saturated rings. The van der Waals surface area contributed by atoms with Crippen molar-refractivity contribution in [1.29, 1.82) is 0 Å². The number of hydrogen-bond acceptors (Lipinski definition) is 4. The summed E-state index contributed by atoms with van der Waals surface area (Å²) in [6, 6.07) is 7.65. The molecule has 5 heteroatoms. The average Bonchev–Trinajstić information content (AvgIpc) is 2.73. The number of amides is 1. The van der Waals surface area contributed by atoms with Crippen molar-refractivity contribution in [3.63, 3.8) is 0 Å². The number of hydrogen-bond donors (Lipinski definition) is 1. The third-order valence-corrected chi connectivity index (χ3v) is 5.52. The Balaban J connectivity index is 1.87. The van der Waals surface area contributed by atoms with Crippen molar-refractivity contribution in [3.8, 4) is 5.75 Å². The van der Waals surface area contributed by atoms with E-state index in [2.05, 4.69) is 31.1 Å². The van der Waals surface area contributed by atoms with Crippen molar-refractivity contribution in [2.24, 2.45) is 5.92 Å². The molecule has 5 nitrogen and oxygen atoms in total. The van der Waals surface area contributed by atoms with Crippen LogP contribution in [0.1, 0.15) is 59.3 Å². The molecule has 1 saturated carbocycles. The highest BCUT2D eigenvalue weighted by atomic mass is 16.5. The number of ether oxygens (including phenoxy) is 2. The van der Waals surface area contributed by atoms with Crippen molar-refractivity contribution >= 4 is 22.5 Å². The molecule has 1 heterocycles. The van der Waals surface area contributed by atoms with E-state index in [0.717, 1.165) is 60.9 Å². The van der Waals surface area contributed by atoms with Gasteiger partial charge in [-0.2, -0.15) is 0 Å². The van der Waals surface area contributed by atoms with Crippen LogP contribution in [0.15, 0.2) is 30.5 Å². The van der Waals surface area contributed by atoms with Crippen molar-refractivity contribution in [3.05, 3.63) is 30.5 Å². The van der Waals surface area contributed by atoms with Gasteiger partial charge < -0.3 is 14.8 Å². The maximum Gasteiger partial charge on any atom is 0.256 e. The molecule has 152 valence electrons. The largest absolute Gasteiger partial charge is 0.491 e. The first kappa shape index (κ1) is 20.6. The summed E-state index contributed by atoms with van der Waals surface area (Å²) in [5.74, 6) is 1.35. The van der Waals surface area contributed by atoms with E-state index in [1.54, 1.807) is 6.20 Å². The normalized spacial score (nSPS) is 22.2. The number of aromatic nitrogens is 1. The van der Waals surface area contributed by atoms with Gasteiger partial charge in [0.25, 0.3) is 5.91 Å². The van der Waals surface area contributed by atoms with Crippen molar-refractivity contribution in [2.75, 3.05) is 18.5 Å². The molecule has 1 aliphatic carbocycles. The van der Waals surface area contributed by atoms with Gasteiger partial charge in [-0.05, 0) is 68.7 Å². The lowest BCUT2D eigenvalue weighted by molar-refractivity contribution is -0.147. The Morgan fingerprint density at radius 2 is 1.93 bits per heavy atom. The minimum atomic E-state index is -0.728. The van der Waals surface area contributed by atoms with Crippen LogP contribution in [0, 0.1) is 5.92 Å². The number of anilines is 1. The van der Waals surface area contributed by atoms with E-state index in [9.17, 15) is 4.79 Å². The minimum absolute atomic E-state index is 0.0415. The number of carbonyl (C=O) groups excluding carboxylic acids is 1. The van der Waals surface area contributed by atoms with Gasteiger partial charge in [0.2, 0.25) is 0 Å². The molecule has 2 aromatic rings. The van der Waals surface area contributed by atoms with Crippen molar-refractivity contribution in [2.45, 2.75) is 64.9 Å². The Kier molecular flexibility index (Phi) is 6.89. The Hall–Kier alpha value is -2.14. The summed E-state index contributed by atoms with van der Waals surface area (Å²) in [5, 5.41) is 4.03. The van der Waals surface area contributed by atoms with Gasteiger partial charge >= 0.3 is 0 Å². The molecule has 1 N–H and O–H groups in total. The second-order valence-electron chi connectivity index (χ2n) is 7.84. The standard InChI is InChI=1S/C23H32N2O3/c1-4-15-27-20-9-8-19(18-7-6-14-24-21(18)20)25-22(26)23(28-16-5-2)12-10-17(3)11-13-23/h6-9,14,17H,4-5,10-13,15-16H2,1-3H3,(H,25,26). The summed E-state index contributed by atoms with van der Waals surface area (Å²) >= 11 is 0. The molecule has 1 aromatic heterocycles. The van der Waals surface area contributed by atoms with Gasteiger partial charge in [-0.3, -0.25) is 9.78 Å². The van der Waals surface area contributed by atoms with Crippen LogP contribution in [-0.2, 0) is 9.53 Å². The summed E-state index contributed by atoms with van der Waals surface area (Å²) in [4.78, 5) is 17.8. The number of nitrogens with one attached hydrogen (secondary N) is 1. The van der Waals surface area contributed by atoms with Crippen LogP contribution in [0.2, 0.25) is 0 Å². The van der Waals surface area contributed by atoms with Gasteiger partial charge in [0, 0.05) is 18.2 Å². The summed E-state index contributed by atoms with van der Waals surface area (Å²) in [6.45, 7) is 7.64. The zero-order valence-corrected chi connectivity index (χ0v) is 17.3. The van der Waals surface area contributed by atoms with E-state index < -0.39 is 5.60 Å². The maximum atomic E-state index is 13.3. The topological polar surface area (TPSA) is 60.5 Å². The number of pyridine rings is 1. The van der Waals surface area contributed by atoms with Gasteiger partial charge in [0.05, 0.1) is 12.3 Å². The molecule has 0 aliphatic heterocycles. The van der Waals surface area contributed by atoms with Crippen LogP contribution in [0.5, 0.6) is 5.75 Å². The van der Waals surface area contributed by atoms with Crippen LogP contribution < -0.4 is 10.1 Å². The predicted molar refractivity (Wildman–Crippen MR) is 113 cm³/mol. The molecule has 0 radical (unpaired) electrons. The lowest BCUT2D eigenvalue weighted by atomic mass is 9.78. The summed E-state index contributed by atoms with van der Waals surface area (Å²) in [6.07, 6.45) is 7.17. The molecule has 1 aromatic carbocycles.